The lowest BCUT2D eigenvalue weighted by atomic mass is 10.1. The number of morpholine rings is 1. The van der Waals surface area contributed by atoms with Crippen LogP contribution >= 0.6 is 0 Å². The molecule has 2 heterocycles. The first kappa shape index (κ1) is 16.1. The monoisotopic (exact) mass is 332 g/mol. The van der Waals surface area contributed by atoms with Gasteiger partial charge in [-0.15, -0.1) is 0 Å². The number of ether oxygens (including phenoxy) is 1. The van der Waals surface area contributed by atoms with Crippen LogP contribution in [0.2, 0.25) is 0 Å². The zero-order valence-electron chi connectivity index (χ0n) is 13.1. The summed E-state index contributed by atoms with van der Waals surface area (Å²) in [6, 6.07) is 6.20. The van der Waals surface area contributed by atoms with Crippen LogP contribution in [0.25, 0.3) is 11.3 Å². The average Bonchev–Trinajstić information content (AvgIpc) is 3.03. The molecule has 1 aliphatic rings. The molecule has 1 aliphatic heterocycles. The highest BCUT2D eigenvalue weighted by atomic mass is 19.1. The number of hydrogen-bond donors (Lipinski definition) is 2. The van der Waals surface area contributed by atoms with Gasteiger partial charge in [-0.2, -0.15) is 5.10 Å². The minimum Gasteiger partial charge on any atom is -0.365 e. The van der Waals surface area contributed by atoms with E-state index in [9.17, 15) is 14.0 Å². The molecule has 0 aliphatic carbocycles. The molecule has 1 fully saturated rings. The summed E-state index contributed by atoms with van der Waals surface area (Å²) in [4.78, 5) is 25.4. The SMILES string of the molecule is CC(=O)N1CCOC(C(=O)Nc2cn[nH]c2-c2ccccc2F)C1. The lowest BCUT2D eigenvalue weighted by Gasteiger charge is -2.31. The third kappa shape index (κ3) is 3.28. The molecule has 2 aromatic rings. The molecule has 8 heteroatoms. The molecule has 1 aromatic carbocycles. The molecule has 24 heavy (non-hydrogen) atoms. The van der Waals surface area contributed by atoms with Crippen molar-refractivity contribution in [2.75, 3.05) is 25.0 Å². The van der Waals surface area contributed by atoms with Crippen molar-refractivity contribution in [3.8, 4) is 11.3 Å². The van der Waals surface area contributed by atoms with E-state index in [-0.39, 0.29) is 12.5 Å². The fourth-order valence-corrected chi connectivity index (χ4v) is 2.56. The molecule has 2 N–H and O–H groups in total. The number of hydrogen-bond acceptors (Lipinski definition) is 4. The number of aromatic nitrogens is 2. The summed E-state index contributed by atoms with van der Waals surface area (Å²) in [7, 11) is 0. The number of carbonyl (C=O) groups excluding carboxylic acids is 2. The number of nitrogens with zero attached hydrogens (tertiary/aromatic N) is 2. The van der Waals surface area contributed by atoms with E-state index < -0.39 is 17.8 Å². The highest BCUT2D eigenvalue weighted by molar-refractivity contribution is 5.97. The Labute approximate surface area is 137 Å². The van der Waals surface area contributed by atoms with Gasteiger partial charge < -0.3 is 15.0 Å². The summed E-state index contributed by atoms with van der Waals surface area (Å²) in [5, 5.41) is 9.24. The second-order valence-electron chi connectivity index (χ2n) is 5.45. The minimum atomic E-state index is -0.772. The number of H-pyrrole nitrogens is 1. The Hall–Kier alpha value is -2.74. The van der Waals surface area contributed by atoms with Crippen LogP contribution in [0, 0.1) is 5.82 Å². The van der Waals surface area contributed by atoms with Crippen LogP contribution in [0.3, 0.4) is 0 Å². The maximum Gasteiger partial charge on any atom is 0.255 e. The van der Waals surface area contributed by atoms with Crippen molar-refractivity contribution in [1.29, 1.82) is 0 Å². The van der Waals surface area contributed by atoms with Gasteiger partial charge in [-0.1, -0.05) is 12.1 Å². The first-order valence-electron chi connectivity index (χ1n) is 7.52. The van der Waals surface area contributed by atoms with Crippen LogP contribution in [0.1, 0.15) is 6.92 Å². The fraction of sp³-hybridized carbons (Fsp3) is 0.312. The van der Waals surface area contributed by atoms with Crippen molar-refractivity contribution in [3.63, 3.8) is 0 Å². The summed E-state index contributed by atoms with van der Waals surface area (Å²) in [6.45, 7) is 2.40. The van der Waals surface area contributed by atoms with E-state index in [0.29, 0.717) is 30.1 Å². The lowest BCUT2D eigenvalue weighted by molar-refractivity contribution is -0.143. The summed E-state index contributed by atoms with van der Waals surface area (Å²) in [6.07, 6.45) is 0.636. The Bertz CT molecular complexity index is 761. The molecule has 0 radical (unpaired) electrons. The van der Waals surface area contributed by atoms with Crippen molar-refractivity contribution in [1.82, 2.24) is 15.1 Å². The van der Waals surface area contributed by atoms with Gasteiger partial charge in [0.05, 0.1) is 30.7 Å². The van der Waals surface area contributed by atoms with E-state index in [1.807, 2.05) is 0 Å². The molecule has 0 spiro atoms. The van der Waals surface area contributed by atoms with Crippen LogP contribution in [0.15, 0.2) is 30.5 Å². The first-order chi connectivity index (χ1) is 11.6. The van der Waals surface area contributed by atoms with E-state index in [0.717, 1.165) is 0 Å². The third-order valence-corrected chi connectivity index (χ3v) is 3.84. The fourth-order valence-electron chi connectivity index (χ4n) is 2.56. The van der Waals surface area contributed by atoms with Crippen LogP contribution in [-0.4, -0.2) is 52.7 Å². The predicted octanol–water partition coefficient (Wildman–Crippen LogP) is 1.40. The largest absolute Gasteiger partial charge is 0.365 e. The molecule has 1 saturated heterocycles. The van der Waals surface area contributed by atoms with Gasteiger partial charge in [-0.25, -0.2) is 4.39 Å². The Balaban J connectivity index is 1.75. The van der Waals surface area contributed by atoms with Crippen LogP contribution in [0.5, 0.6) is 0 Å². The lowest BCUT2D eigenvalue weighted by Crippen LogP contribution is -2.49. The molecular formula is C16H17FN4O3. The molecule has 2 amide bonds. The molecule has 3 rings (SSSR count). The maximum atomic E-state index is 13.9. The zero-order chi connectivity index (χ0) is 17.1. The maximum absolute atomic E-state index is 13.9. The molecule has 1 unspecified atom stereocenters. The standard InChI is InChI=1S/C16H17FN4O3/c1-10(22)21-6-7-24-14(9-21)16(23)19-13-8-18-20-15(13)11-4-2-3-5-12(11)17/h2-5,8,14H,6-7,9H2,1H3,(H,18,20)(H,19,23). The van der Waals surface area contributed by atoms with Gasteiger partial charge >= 0.3 is 0 Å². The van der Waals surface area contributed by atoms with E-state index >= 15 is 0 Å². The van der Waals surface area contributed by atoms with Crippen molar-refractivity contribution < 1.29 is 18.7 Å². The van der Waals surface area contributed by atoms with Crippen molar-refractivity contribution >= 4 is 17.5 Å². The minimum absolute atomic E-state index is 0.105. The smallest absolute Gasteiger partial charge is 0.255 e. The van der Waals surface area contributed by atoms with Gasteiger partial charge in [0, 0.05) is 19.0 Å². The van der Waals surface area contributed by atoms with Gasteiger partial charge in [0.15, 0.2) is 6.10 Å². The van der Waals surface area contributed by atoms with Gasteiger partial charge in [-0.05, 0) is 12.1 Å². The average molecular weight is 332 g/mol. The number of aromatic amines is 1. The quantitative estimate of drug-likeness (QED) is 0.889. The topological polar surface area (TPSA) is 87.3 Å². The number of benzene rings is 1. The Kier molecular flexibility index (Phi) is 4.57. The third-order valence-electron chi connectivity index (χ3n) is 3.84. The zero-order valence-corrected chi connectivity index (χ0v) is 13.1. The molecule has 0 bridgehead atoms. The predicted molar refractivity (Wildman–Crippen MR) is 84.6 cm³/mol. The molecule has 1 atom stereocenters. The highest BCUT2D eigenvalue weighted by Gasteiger charge is 2.28. The van der Waals surface area contributed by atoms with E-state index in [2.05, 4.69) is 15.5 Å². The van der Waals surface area contributed by atoms with Gasteiger partial charge in [0.1, 0.15) is 5.82 Å². The van der Waals surface area contributed by atoms with Crippen LogP contribution in [0.4, 0.5) is 10.1 Å². The number of nitrogens with one attached hydrogen (secondary N) is 2. The van der Waals surface area contributed by atoms with Crippen LogP contribution < -0.4 is 5.32 Å². The van der Waals surface area contributed by atoms with Gasteiger partial charge in [-0.3, -0.25) is 14.7 Å². The normalized spacial score (nSPS) is 17.6. The van der Waals surface area contributed by atoms with Crippen molar-refractivity contribution in [3.05, 3.63) is 36.3 Å². The highest BCUT2D eigenvalue weighted by Crippen LogP contribution is 2.27. The number of halogens is 1. The summed E-state index contributed by atoms with van der Waals surface area (Å²) in [5.41, 5.74) is 1.04. The second kappa shape index (κ2) is 6.79. The summed E-state index contributed by atoms with van der Waals surface area (Å²) < 4.78 is 19.4. The van der Waals surface area contributed by atoms with Crippen LogP contribution in [-0.2, 0) is 14.3 Å². The molecule has 126 valence electrons. The number of amides is 2. The van der Waals surface area contributed by atoms with E-state index in [1.165, 1.54) is 19.2 Å². The summed E-state index contributed by atoms with van der Waals surface area (Å²) >= 11 is 0. The second-order valence-corrected chi connectivity index (χ2v) is 5.45. The molecule has 0 saturated carbocycles. The first-order valence-corrected chi connectivity index (χ1v) is 7.52. The summed E-state index contributed by atoms with van der Waals surface area (Å²) in [5.74, 6) is -0.930. The Morgan fingerprint density at radius 2 is 2.21 bits per heavy atom. The Morgan fingerprint density at radius 1 is 1.42 bits per heavy atom. The van der Waals surface area contributed by atoms with E-state index in [4.69, 9.17) is 4.74 Å². The van der Waals surface area contributed by atoms with Crippen molar-refractivity contribution in [2.45, 2.75) is 13.0 Å². The number of carbonyl (C=O) groups is 2. The molecule has 7 nitrogen and oxygen atoms in total. The molecule has 1 aromatic heterocycles. The van der Waals surface area contributed by atoms with Gasteiger partial charge in [0.25, 0.3) is 5.91 Å². The van der Waals surface area contributed by atoms with Gasteiger partial charge in [0.2, 0.25) is 5.91 Å². The van der Waals surface area contributed by atoms with E-state index in [1.54, 1.807) is 23.1 Å². The molecular weight excluding hydrogens is 315 g/mol. The number of anilines is 1. The van der Waals surface area contributed by atoms with Crippen molar-refractivity contribution in [2.24, 2.45) is 0 Å². The Morgan fingerprint density at radius 3 is 2.96 bits per heavy atom. The number of rotatable bonds is 3.